The third-order valence-electron chi connectivity index (χ3n) is 6.14. The summed E-state index contributed by atoms with van der Waals surface area (Å²) < 4.78 is 90.3. The van der Waals surface area contributed by atoms with Gasteiger partial charge in [-0.25, -0.2) is 17.2 Å². The van der Waals surface area contributed by atoms with Gasteiger partial charge in [0.2, 0.25) is 5.91 Å². The number of piperidine rings is 1. The third kappa shape index (κ3) is 6.87. The van der Waals surface area contributed by atoms with E-state index < -0.39 is 27.5 Å². The van der Waals surface area contributed by atoms with Gasteiger partial charge in [0.1, 0.15) is 0 Å². The first-order valence-corrected chi connectivity index (χ1v) is 12.3. The number of nitrogens with one attached hydrogen (secondary N) is 1. The zero-order chi connectivity index (χ0) is 23.6. The van der Waals surface area contributed by atoms with Crippen molar-refractivity contribution in [3.05, 3.63) is 29.8 Å². The van der Waals surface area contributed by atoms with E-state index in [1.54, 1.807) is 4.90 Å². The van der Waals surface area contributed by atoms with Gasteiger partial charge in [0, 0.05) is 32.0 Å². The van der Waals surface area contributed by atoms with Crippen molar-refractivity contribution in [3.63, 3.8) is 0 Å². The Bertz CT molecular complexity index is 902. The van der Waals surface area contributed by atoms with E-state index in [1.807, 2.05) is 0 Å². The van der Waals surface area contributed by atoms with E-state index in [2.05, 4.69) is 5.32 Å². The first-order valence-electron chi connectivity index (χ1n) is 10.6. The van der Waals surface area contributed by atoms with Crippen molar-refractivity contribution < 1.29 is 35.2 Å². The lowest BCUT2D eigenvalue weighted by Crippen LogP contribution is -2.47. The number of amides is 1. The molecule has 1 N–H and O–H groups in total. The largest absolute Gasteiger partial charge is 0.416 e. The standard InChI is InChI=1S/C21H27F5N2O3S/c22-20(23)8-10-28(11-9-20)13-19(29)27-17-6-4-15(5-7-17)14-32(30,31)18-3-1-2-16(12-18)21(24,25)26/h1-3,12,15,17H,4-11,13-14H2,(H,27,29)/t15-,17-. The van der Waals surface area contributed by atoms with Crippen LogP contribution in [0.25, 0.3) is 0 Å². The summed E-state index contributed by atoms with van der Waals surface area (Å²) in [5.74, 6) is -3.35. The average Bonchev–Trinajstić information content (AvgIpc) is 2.70. The molecule has 0 atom stereocenters. The minimum Gasteiger partial charge on any atom is -0.352 e. The molecule has 3 rings (SSSR count). The maximum Gasteiger partial charge on any atom is 0.416 e. The minimum absolute atomic E-state index is 0.0555. The fourth-order valence-corrected chi connectivity index (χ4v) is 6.00. The Morgan fingerprint density at radius 3 is 2.31 bits per heavy atom. The predicted octanol–water partition coefficient (Wildman–Crippen LogP) is 3.89. The Morgan fingerprint density at radius 2 is 1.72 bits per heavy atom. The molecule has 1 heterocycles. The van der Waals surface area contributed by atoms with Crippen LogP contribution in [0.2, 0.25) is 0 Å². The zero-order valence-corrected chi connectivity index (χ0v) is 18.3. The summed E-state index contributed by atoms with van der Waals surface area (Å²) in [5.41, 5.74) is -0.998. The highest BCUT2D eigenvalue weighted by atomic mass is 32.2. The molecule has 1 aliphatic heterocycles. The second kappa shape index (κ2) is 9.62. The van der Waals surface area contributed by atoms with Gasteiger partial charge in [-0.15, -0.1) is 0 Å². The van der Waals surface area contributed by atoms with E-state index in [1.165, 1.54) is 6.07 Å². The van der Waals surface area contributed by atoms with Crippen LogP contribution in [0, 0.1) is 5.92 Å². The topological polar surface area (TPSA) is 66.5 Å². The van der Waals surface area contributed by atoms with Gasteiger partial charge < -0.3 is 5.32 Å². The van der Waals surface area contributed by atoms with Crippen LogP contribution in [0.15, 0.2) is 29.2 Å². The Kier molecular flexibility index (Phi) is 7.48. The molecule has 0 aromatic heterocycles. The molecule has 0 spiro atoms. The van der Waals surface area contributed by atoms with Gasteiger partial charge in [0.15, 0.2) is 9.84 Å². The molecule has 0 radical (unpaired) electrons. The average molecular weight is 483 g/mol. The quantitative estimate of drug-likeness (QED) is 0.625. The van der Waals surface area contributed by atoms with Crippen LogP contribution in [0.5, 0.6) is 0 Å². The smallest absolute Gasteiger partial charge is 0.352 e. The fourth-order valence-electron chi connectivity index (χ4n) is 4.26. The molecule has 1 amide bonds. The van der Waals surface area contributed by atoms with Gasteiger partial charge in [-0.3, -0.25) is 9.69 Å². The minimum atomic E-state index is -4.61. The van der Waals surface area contributed by atoms with Gasteiger partial charge in [0.25, 0.3) is 5.92 Å². The Labute approximate surface area is 184 Å². The summed E-state index contributed by atoms with van der Waals surface area (Å²) in [4.78, 5) is 13.6. The normalized spacial score (nSPS) is 24.8. The van der Waals surface area contributed by atoms with E-state index in [0.29, 0.717) is 31.7 Å². The highest BCUT2D eigenvalue weighted by Crippen LogP contribution is 2.32. The van der Waals surface area contributed by atoms with Crippen molar-refractivity contribution in [1.82, 2.24) is 10.2 Å². The molecule has 1 saturated carbocycles. The molecule has 1 aromatic rings. The number of rotatable bonds is 6. The molecule has 0 bridgehead atoms. The van der Waals surface area contributed by atoms with Gasteiger partial charge in [-0.2, -0.15) is 13.2 Å². The third-order valence-corrected chi connectivity index (χ3v) is 8.02. The van der Waals surface area contributed by atoms with Crippen LogP contribution in [0.3, 0.4) is 0 Å². The predicted molar refractivity (Wildman–Crippen MR) is 108 cm³/mol. The summed E-state index contributed by atoms with van der Waals surface area (Å²) >= 11 is 0. The number of carbonyl (C=O) groups is 1. The zero-order valence-electron chi connectivity index (χ0n) is 17.5. The molecule has 32 heavy (non-hydrogen) atoms. The van der Waals surface area contributed by atoms with Crippen LogP contribution >= 0.6 is 0 Å². The number of likely N-dealkylation sites (tertiary alicyclic amines) is 1. The van der Waals surface area contributed by atoms with Crippen LogP contribution in [-0.4, -0.2) is 56.6 Å². The SMILES string of the molecule is O=C(CN1CCC(F)(F)CC1)N[C@H]1CC[C@H](CS(=O)(=O)c2cccc(C(F)(F)F)c2)CC1. The van der Waals surface area contributed by atoms with Crippen LogP contribution in [-0.2, 0) is 20.8 Å². The highest BCUT2D eigenvalue weighted by molar-refractivity contribution is 7.91. The molecule has 1 saturated heterocycles. The van der Waals surface area contributed by atoms with Gasteiger partial charge in [0.05, 0.1) is 22.8 Å². The number of sulfone groups is 1. The molecule has 11 heteroatoms. The molecule has 180 valence electrons. The van der Waals surface area contributed by atoms with Crippen molar-refractivity contribution in [1.29, 1.82) is 0 Å². The molecule has 1 aromatic carbocycles. The summed E-state index contributed by atoms with van der Waals surface area (Å²) in [6.07, 6.45) is -2.95. The van der Waals surface area contributed by atoms with Crippen molar-refractivity contribution >= 4 is 15.7 Å². The Hall–Kier alpha value is -1.75. The van der Waals surface area contributed by atoms with Crippen LogP contribution < -0.4 is 5.32 Å². The summed E-state index contributed by atoms with van der Waals surface area (Å²) in [7, 11) is -3.87. The number of carbonyl (C=O) groups excluding carboxylic acids is 1. The molecular formula is C21H27F5N2O3S. The number of alkyl halides is 5. The lowest BCUT2D eigenvalue weighted by molar-refractivity contribution is -0.137. The molecule has 2 fully saturated rings. The van der Waals surface area contributed by atoms with E-state index in [0.717, 1.165) is 12.1 Å². The van der Waals surface area contributed by atoms with Crippen molar-refractivity contribution in [2.45, 2.75) is 61.6 Å². The molecule has 1 aliphatic carbocycles. The van der Waals surface area contributed by atoms with Crippen LogP contribution in [0.4, 0.5) is 22.0 Å². The second-order valence-corrected chi connectivity index (χ2v) is 10.8. The summed E-state index contributed by atoms with van der Waals surface area (Å²) in [5, 5.41) is 2.88. The first-order chi connectivity index (χ1) is 14.8. The maximum atomic E-state index is 13.2. The van der Waals surface area contributed by atoms with Gasteiger partial charge >= 0.3 is 6.18 Å². The second-order valence-electron chi connectivity index (χ2n) is 8.72. The molecular weight excluding hydrogens is 455 g/mol. The number of hydrogen-bond acceptors (Lipinski definition) is 4. The van der Waals surface area contributed by atoms with Crippen LogP contribution in [0.1, 0.15) is 44.1 Å². The summed E-state index contributed by atoms with van der Waals surface area (Å²) in [6.45, 7) is 0.390. The number of benzene rings is 1. The lowest BCUT2D eigenvalue weighted by atomic mass is 9.87. The monoisotopic (exact) mass is 482 g/mol. The van der Waals surface area contributed by atoms with E-state index >= 15 is 0 Å². The van der Waals surface area contributed by atoms with E-state index in [4.69, 9.17) is 0 Å². The Balaban J connectivity index is 1.46. The number of hydrogen-bond donors (Lipinski definition) is 1. The van der Waals surface area contributed by atoms with Crippen molar-refractivity contribution in [2.75, 3.05) is 25.4 Å². The lowest BCUT2D eigenvalue weighted by Gasteiger charge is -2.32. The molecule has 0 unspecified atom stereocenters. The first kappa shape index (κ1) is 24.9. The number of halogens is 5. The van der Waals surface area contributed by atoms with Crippen molar-refractivity contribution in [2.24, 2.45) is 5.92 Å². The number of nitrogens with zero attached hydrogens (tertiary/aromatic N) is 1. The van der Waals surface area contributed by atoms with Gasteiger partial charge in [-0.05, 0) is 49.8 Å². The fraction of sp³-hybridized carbons (Fsp3) is 0.667. The van der Waals surface area contributed by atoms with Gasteiger partial charge in [-0.1, -0.05) is 6.07 Å². The summed E-state index contributed by atoms with van der Waals surface area (Å²) in [6, 6.07) is 3.64. The van der Waals surface area contributed by atoms with E-state index in [9.17, 15) is 35.2 Å². The van der Waals surface area contributed by atoms with E-state index in [-0.39, 0.29) is 61.0 Å². The highest BCUT2D eigenvalue weighted by Gasteiger charge is 2.35. The molecule has 2 aliphatic rings. The Morgan fingerprint density at radius 1 is 1.09 bits per heavy atom. The maximum absolute atomic E-state index is 13.2. The van der Waals surface area contributed by atoms with Crippen molar-refractivity contribution in [3.8, 4) is 0 Å². The molecule has 5 nitrogen and oxygen atoms in total.